The molecule has 1 aliphatic heterocycles. The molecule has 1 aromatic rings. The highest BCUT2D eigenvalue weighted by Gasteiger charge is 2.25. The van der Waals surface area contributed by atoms with Crippen LogP contribution in [0.3, 0.4) is 0 Å². The van der Waals surface area contributed by atoms with E-state index < -0.39 is 0 Å². The largest absolute Gasteiger partial charge is 0.384 e. The molecule has 0 bridgehead atoms. The van der Waals surface area contributed by atoms with Crippen LogP contribution in [0.2, 0.25) is 5.02 Å². The number of likely N-dealkylation sites (tertiary alicyclic amines) is 1. The SMILES string of the molecule is CCCC1CCN(C(=O)c2nc(N)ccc2Cl)CC1. The van der Waals surface area contributed by atoms with Crippen LogP contribution in [0.1, 0.15) is 43.1 Å². The Kier molecular flexibility index (Phi) is 4.64. The number of piperidine rings is 1. The van der Waals surface area contributed by atoms with E-state index in [2.05, 4.69) is 11.9 Å². The average Bonchev–Trinajstić information content (AvgIpc) is 2.42. The van der Waals surface area contributed by atoms with Crippen LogP contribution in [0, 0.1) is 5.92 Å². The van der Waals surface area contributed by atoms with Crippen LogP contribution in [0.5, 0.6) is 0 Å². The first kappa shape index (κ1) is 14.1. The second-order valence-electron chi connectivity index (χ2n) is 5.09. The van der Waals surface area contributed by atoms with E-state index in [1.165, 1.54) is 12.8 Å². The number of nitrogens with two attached hydrogens (primary N) is 1. The molecule has 1 aliphatic rings. The fourth-order valence-electron chi connectivity index (χ4n) is 2.59. The highest BCUT2D eigenvalue weighted by atomic mass is 35.5. The van der Waals surface area contributed by atoms with Crippen LogP contribution < -0.4 is 5.73 Å². The minimum atomic E-state index is -0.104. The first-order valence-electron chi connectivity index (χ1n) is 6.83. The normalized spacial score (nSPS) is 16.6. The third-order valence-electron chi connectivity index (χ3n) is 3.67. The van der Waals surface area contributed by atoms with Gasteiger partial charge in [0.25, 0.3) is 5.91 Å². The molecule has 1 aromatic heterocycles. The zero-order valence-corrected chi connectivity index (χ0v) is 12.0. The molecule has 0 atom stereocenters. The molecule has 0 unspecified atom stereocenters. The Bertz CT molecular complexity index is 456. The molecule has 2 heterocycles. The van der Waals surface area contributed by atoms with Crippen LogP contribution in [-0.4, -0.2) is 28.9 Å². The van der Waals surface area contributed by atoms with E-state index >= 15 is 0 Å². The molecule has 4 nitrogen and oxygen atoms in total. The second-order valence-corrected chi connectivity index (χ2v) is 5.50. The standard InChI is InChI=1S/C14H20ClN3O/c1-2-3-10-6-8-18(9-7-10)14(19)13-11(15)4-5-12(16)17-13/h4-5,10H,2-3,6-9H2,1H3,(H2,16,17). The summed E-state index contributed by atoms with van der Waals surface area (Å²) in [6.07, 6.45) is 4.60. The summed E-state index contributed by atoms with van der Waals surface area (Å²) < 4.78 is 0. The van der Waals surface area contributed by atoms with Gasteiger partial charge in [0.2, 0.25) is 0 Å². The number of halogens is 1. The molecule has 5 heteroatoms. The first-order chi connectivity index (χ1) is 9.11. The maximum Gasteiger partial charge on any atom is 0.274 e. The third kappa shape index (κ3) is 3.38. The van der Waals surface area contributed by atoms with Gasteiger partial charge in [0.1, 0.15) is 11.5 Å². The van der Waals surface area contributed by atoms with E-state index in [0.29, 0.717) is 10.8 Å². The summed E-state index contributed by atoms with van der Waals surface area (Å²) in [6.45, 7) is 3.78. The zero-order valence-electron chi connectivity index (χ0n) is 11.2. The number of nitrogen functional groups attached to an aromatic ring is 1. The summed E-state index contributed by atoms with van der Waals surface area (Å²) in [6, 6.07) is 3.23. The summed E-state index contributed by atoms with van der Waals surface area (Å²) in [7, 11) is 0. The number of rotatable bonds is 3. The van der Waals surface area contributed by atoms with Crippen molar-refractivity contribution >= 4 is 23.3 Å². The van der Waals surface area contributed by atoms with Crippen molar-refractivity contribution in [3.63, 3.8) is 0 Å². The van der Waals surface area contributed by atoms with Crippen molar-refractivity contribution in [1.82, 2.24) is 9.88 Å². The van der Waals surface area contributed by atoms with Crippen molar-refractivity contribution in [2.24, 2.45) is 5.92 Å². The quantitative estimate of drug-likeness (QED) is 0.927. The van der Waals surface area contributed by atoms with Crippen molar-refractivity contribution in [1.29, 1.82) is 0 Å². The van der Waals surface area contributed by atoms with Gasteiger partial charge in [0.15, 0.2) is 0 Å². The van der Waals surface area contributed by atoms with E-state index in [4.69, 9.17) is 17.3 Å². The van der Waals surface area contributed by atoms with E-state index in [0.717, 1.165) is 31.8 Å². The molecule has 2 N–H and O–H groups in total. The van der Waals surface area contributed by atoms with Crippen molar-refractivity contribution in [2.45, 2.75) is 32.6 Å². The first-order valence-corrected chi connectivity index (χ1v) is 7.21. The molecule has 2 rings (SSSR count). The van der Waals surface area contributed by atoms with Gasteiger partial charge in [0, 0.05) is 13.1 Å². The molecule has 1 saturated heterocycles. The van der Waals surface area contributed by atoms with E-state index in [-0.39, 0.29) is 11.6 Å². The Labute approximate surface area is 118 Å². The Balaban J connectivity index is 2.03. The number of pyridine rings is 1. The molecule has 0 radical (unpaired) electrons. The summed E-state index contributed by atoms with van der Waals surface area (Å²) in [5.74, 6) is 0.971. The van der Waals surface area contributed by atoms with Gasteiger partial charge in [-0.3, -0.25) is 4.79 Å². The van der Waals surface area contributed by atoms with Crippen LogP contribution >= 0.6 is 11.6 Å². The minimum absolute atomic E-state index is 0.104. The summed E-state index contributed by atoms with van der Waals surface area (Å²) >= 11 is 6.02. The molecular weight excluding hydrogens is 262 g/mol. The average molecular weight is 282 g/mol. The number of anilines is 1. The van der Waals surface area contributed by atoms with E-state index in [1.807, 2.05) is 4.90 Å². The number of carbonyl (C=O) groups excluding carboxylic acids is 1. The lowest BCUT2D eigenvalue weighted by atomic mass is 9.92. The van der Waals surface area contributed by atoms with Crippen molar-refractivity contribution in [3.05, 3.63) is 22.8 Å². The Hall–Kier alpha value is -1.29. The van der Waals surface area contributed by atoms with E-state index in [9.17, 15) is 4.79 Å². The molecule has 1 amide bonds. The number of nitrogens with zero attached hydrogens (tertiary/aromatic N) is 2. The van der Waals surface area contributed by atoms with Gasteiger partial charge in [-0.05, 0) is 30.9 Å². The smallest absolute Gasteiger partial charge is 0.274 e. The Morgan fingerprint density at radius 1 is 1.47 bits per heavy atom. The Morgan fingerprint density at radius 3 is 2.79 bits per heavy atom. The lowest BCUT2D eigenvalue weighted by molar-refractivity contribution is 0.0681. The number of hydrogen-bond donors (Lipinski definition) is 1. The van der Waals surface area contributed by atoms with Gasteiger partial charge >= 0.3 is 0 Å². The molecule has 19 heavy (non-hydrogen) atoms. The fraction of sp³-hybridized carbons (Fsp3) is 0.571. The molecule has 0 spiro atoms. The van der Waals surface area contributed by atoms with Gasteiger partial charge in [-0.1, -0.05) is 31.4 Å². The summed E-state index contributed by atoms with van der Waals surface area (Å²) in [5.41, 5.74) is 5.89. The summed E-state index contributed by atoms with van der Waals surface area (Å²) in [4.78, 5) is 18.3. The van der Waals surface area contributed by atoms with Gasteiger partial charge in [-0.15, -0.1) is 0 Å². The molecular formula is C14H20ClN3O. The van der Waals surface area contributed by atoms with Crippen LogP contribution in [0.25, 0.3) is 0 Å². The number of carbonyl (C=O) groups is 1. The highest BCUT2D eigenvalue weighted by Crippen LogP contribution is 2.24. The van der Waals surface area contributed by atoms with Crippen LogP contribution in [-0.2, 0) is 0 Å². The highest BCUT2D eigenvalue weighted by molar-refractivity contribution is 6.33. The monoisotopic (exact) mass is 281 g/mol. The van der Waals surface area contributed by atoms with Gasteiger partial charge in [-0.25, -0.2) is 4.98 Å². The second kappa shape index (κ2) is 6.24. The van der Waals surface area contributed by atoms with Gasteiger partial charge < -0.3 is 10.6 Å². The third-order valence-corrected chi connectivity index (χ3v) is 3.97. The van der Waals surface area contributed by atoms with Crippen molar-refractivity contribution in [3.8, 4) is 0 Å². The number of aromatic nitrogens is 1. The molecule has 0 saturated carbocycles. The number of amides is 1. The maximum absolute atomic E-state index is 12.4. The lowest BCUT2D eigenvalue weighted by Crippen LogP contribution is -2.39. The zero-order chi connectivity index (χ0) is 13.8. The van der Waals surface area contributed by atoms with Gasteiger partial charge in [0.05, 0.1) is 5.02 Å². The minimum Gasteiger partial charge on any atom is -0.384 e. The molecule has 0 aliphatic carbocycles. The van der Waals surface area contributed by atoms with Crippen LogP contribution in [0.4, 0.5) is 5.82 Å². The van der Waals surface area contributed by atoms with E-state index in [1.54, 1.807) is 12.1 Å². The fourth-order valence-corrected chi connectivity index (χ4v) is 2.78. The van der Waals surface area contributed by atoms with Gasteiger partial charge in [-0.2, -0.15) is 0 Å². The Morgan fingerprint density at radius 2 is 2.16 bits per heavy atom. The molecule has 1 fully saturated rings. The maximum atomic E-state index is 12.4. The number of hydrogen-bond acceptors (Lipinski definition) is 3. The summed E-state index contributed by atoms with van der Waals surface area (Å²) in [5, 5.41) is 0.370. The van der Waals surface area contributed by atoms with Crippen molar-refractivity contribution < 1.29 is 4.79 Å². The lowest BCUT2D eigenvalue weighted by Gasteiger charge is -2.31. The molecule has 0 aromatic carbocycles. The van der Waals surface area contributed by atoms with Crippen LogP contribution in [0.15, 0.2) is 12.1 Å². The molecule has 104 valence electrons. The topological polar surface area (TPSA) is 59.2 Å². The predicted octanol–water partition coefficient (Wildman–Crippen LogP) is 2.97. The predicted molar refractivity (Wildman–Crippen MR) is 77.2 cm³/mol. The van der Waals surface area contributed by atoms with Crippen molar-refractivity contribution in [2.75, 3.05) is 18.8 Å².